The topological polar surface area (TPSA) is 46.2 Å². The van der Waals surface area contributed by atoms with Crippen LogP contribution in [0, 0.1) is 0 Å². The molecular formula is C14H17NO2S. The number of carbonyl (C=O) groups is 2. The molecule has 4 heteroatoms. The highest BCUT2D eigenvalue weighted by molar-refractivity contribution is 8.14. The minimum absolute atomic E-state index is 0.0375. The van der Waals surface area contributed by atoms with E-state index in [2.05, 4.69) is 5.32 Å². The number of benzene rings is 1. The summed E-state index contributed by atoms with van der Waals surface area (Å²) in [5, 5.41) is 2.96. The number of hydrogen-bond donors (Lipinski definition) is 1. The number of amides is 1. The number of rotatable bonds is 4. The monoisotopic (exact) mass is 263 g/mol. The standard InChI is InChI=1S/C14H17NO2S/c1-2-11(10-6-4-3-5-7-10)13(16)15-12-8-9-18-14(12)17/h3-7,11-12H,2,8-9H2,1H3,(H,15,16). The first-order valence-electron chi connectivity index (χ1n) is 6.24. The van der Waals surface area contributed by atoms with Crippen LogP contribution in [0.5, 0.6) is 0 Å². The van der Waals surface area contributed by atoms with E-state index in [1.165, 1.54) is 11.8 Å². The van der Waals surface area contributed by atoms with Crippen molar-refractivity contribution in [3.05, 3.63) is 35.9 Å². The van der Waals surface area contributed by atoms with Crippen molar-refractivity contribution in [2.75, 3.05) is 5.75 Å². The van der Waals surface area contributed by atoms with E-state index in [4.69, 9.17) is 0 Å². The van der Waals surface area contributed by atoms with Crippen molar-refractivity contribution in [2.24, 2.45) is 0 Å². The normalized spacial score (nSPS) is 20.7. The zero-order valence-electron chi connectivity index (χ0n) is 10.4. The Balaban J connectivity index is 2.04. The average molecular weight is 263 g/mol. The molecule has 96 valence electrons. The lowest BCUT2D eigenvalue weighted by Crippen LogP contribution is -2.39. The summed E-state index contributed by atoms with van der Waals surface area (Å²) in [5.74, 6) is 0.612. The summed E-state index contributed by atoms with van der Waals surface area (Å²) >= 11 is 1.31. The second kappa shape index (κ2) is 6.05. The van der Waals surface area contributed by atoms with E-state index in [0.29, 0.717) is 0 Å². The van der Waals surface area contributed by atoms with Crippen LogP contribution in [-0.2, 0) is 9.59 Å². The molecule has 1 aromatic rings. The van der Waals surface area contributed by atoms with Crippen LogP contribution in [-0.4, -0.2) is 22.8 Å². The maximum absolute atomic E-state index is 12.2. The molecule has 1 amide bonds. The molecule has 1 aromatic carbocycles. The maximum atomic E-state index is 12.2. The van der Waals surface area contributed by atoms with Gasteiger partial charge in [-0.15, -0.1) is 0 Å². The predicted molar refractivity (Wildman–Crippen MR) is 73.5 cm³/mol. The van der Waals surface area contributed by atoms with E-state index < -0.39 is 0 Å². The van der Waals surface area contributed by atoms with Gasteiger partial charge in [-0.3, -0.25) is 9.59 Å². The fourth-order valence-electron chi connectivity index (χ4n) is 2.16. The lowest BCUT2D eigenvalue weighted by Gasteiger charge is -2.17. The second-order valence-corrected chi connectivity index (χ2v) is 5.49. The van der Waals surface area contributed by atoms with Crippen molar-refractivity contribution in [1.29, 1.82) is 0 Å². The predicted octanol–water partition coefficient (Wildman–Crippen LogP) is 2.33. The second-order valence-electron chi connectivity index (χ2n) is 4.39. The summed E-state index contributed by atoms with van der Waals surface area (Å²) in [7, 11) is 0. The molecular weight excluding hydrogens is 246 g/mol. The first-order valence-corrected chi connectivity index (χ1v) is 7.23. The maximum Gasteiger partial charge on any atom is 0.228 e. The van der Waals surface area contributed by atoms with Crippen molar-refractivity contribution >= 4 is 22.8 Å². The van der Waals surface area contributed by atoms with Gasteiger partial charge in [0, 0.05) is 5.75 Å². The Morgan fingerprint density at radius 2 is 2.17 bits per heavy atom. The smallest absolute Gasteiger partial charge is 0.228 e. The Morgan fingerprint density at radius 1 is 1.44 bits per heavy atom. The third-order valence-corrected chi connectivity index (χ3v) is 4.19. The zero-order chi connectivity index (χ0) is 13.0. The Morgan fingerprint density at radius 3 is 2.72 bits per heavy atom. The highest BCUT2D eigenvalue weighted by atomic mass is 32.2. The number of hydrogen-bond acceptors (Lipinski definition) is 3. The minimum Gasteiger partial charge on any atom is -0.345 e. The van der Waals surface area contributed by atoms with Crippen molar-refractivity contribution < 1.29 is 9.59 Å². The lowest BCUT2D eigenvalue weighted by atomic mass is 9.95. The molecule has 1 fully saturated rings. The molecule has 1 saturated heterocycles. The van der Waals surface area contributed by atoms with E-state index in [0.717, 1.165) is 24.2 Å². The van der Waals surface area contributed by atoms with Crippen LogP contribution in [0.2, 0.25) is 0 Å². The van der Waals surface area contributed by atoms with E-state index in [9.17, 15) is 9.59 Å². The van der Waals surface area contributed by atoms with Crippen LogP contribution in [0.25, 0.3) is 0 Å². The summed E-state index contributed by atoms with van der Waals surface area (Å²) in [6.45, 7) is 1.99. The van der Waals surface area contributed by atoms with Gasteiger partial charge in [0.15, 0.2) is 0 Å². The van der Waals surface area contributed by atoms with Crippen LogP contribution in [0.1, 0.15) is 31.2 Å². The fraction of sp³-hybridized carbons (Fsp3) is 0.429. The molecule has 1 N–H and O–H groups in total. The Bertz CT molecular complexity index is 433. The first kappa shape index (κ1) is 13.1. The van der Waals surface area contributed by atoms with Gasteiger partial charge in [0.2, 0.25) is 11.0 Å². The molecule has 1 aliphatic rings. The molecule has 2 rings (SSSR count). The Kier molecular flexibility index (Phi) is 4.42. The molecule has 0 spiro atoms. The van der Waals surface area contributed by atoms with Crippen LogP contribution in [0.4, 0.5) is 0 Å². The third-order valence-electron chi connectivity index (χ3n) is 3.18. The molecule has 2 atom stereocenters. The Hall–Kier alpha value is -1.29. The van der Waals surface area contributed by atoms with Gasteiger partial charge in [-0.2, -0.15) is 0 Å². The van der Waals surface area contributed by atoms with Gasteiger partial charge in [-0.1, -0.05) is 49.0 Å². The highest BCUT2D eigenvalue weighted by Gasteiger charge is 2.29. The van der Waals surface area contributed by atoms with Crippen molar-refractivity contribution in [3.8, 4) is 0 Å². The number of nitrogens with one attached hydrogen (secondary N) is 1. The molecule has 0 aromatic heterocycles. The molecule has 0 bridgehead atoms. The SMILES string of the molecule is CCC(C(=O)NC1CCSC1=O)c1ccccc1. The minimum atomic E-state index is -0.291. The van der Waals surface area contributed by atoms with Crippen LogP contribution in [0.15, 0.2) is 30.3 Å². The molecule has 1 aliphatic heterocycles. The van der Waals surface area contributed by atoms with Gasteiger partial charge < -0.3 is 5.32 Å². The summed E-state index contributed by atoms with van der Waals surface area (Å²) in [6, 6.07) is 9.42. The van der Waals surface area contributed by atoms with E-state index in [-0.39, 0.29) is 23.0 Å². The summed E-state index contributed by atoms with van der Waals surface area (Å²) in [5.41, 5.74) is 1.01. The van der Waals surface area contributed by atoms with E-state index >= 15 is 0 Å². The summed E-state index contributed by atoms with van der Waals surface area (Å²) in [4.78, 5) is 23.7. The molecule has 0 radical (unpaired) electrons. The molecule has 0 saturated carbocycles. The number of thioether (sulfide) groups is 1. The van der Waals surface area contributed by atoms with Crippen molar-refractivity contribution in [2.45, 2.75) is 31.7 Å². The zero-order valence-corrected chi connectivity index (χ0v) is 11.2. The van der Waals surface area contributed by atoms with E-state index in [1.54, 1.807) is 0 Å². The van der Waals surface area contributed by atoms with Crippen LogP contribution < -0.4 is 5.32 Å². The van der Waals surface area contributed by atoms with Gasteiger partial charge in [0.05, 0.1) is 12.0 Å². The lowest BCUT2D eigenvalue weighted by molar-refractivity contribution is -0.125. The van der Waals surface area contributed by atoms with Crippen molar-refractivity contribution in [1.82, 2.24) is 5.32 Å². The number of carbonyl (C=O) groups excluding carboxylic acids is 2. The molecule has 3 nitrogen and oxygen atoms in total. The largest absolute Gasteiger partial charge is 0.345 e. The third kappa shape index (κ3) is 2.93. The van der Waals surface area contributed by atoms with Gasteiger partial charge in [-0.25, -0.2) is 0 Å². The summed E-state index contributed by atoms with van der Waals surface area (Å²) in [6.07, 6.45) is 1.49. The van der Waals surface area contributed by atoms with Gasteiger partial charge in [-0.05, 0) is 18.4 Å². The first-order chi connectivity index (χ1) is 8.72. The van der Waals surface area contributed by atoms with Crippen LogP contribution >= 0.6 is 11.8 Å². The van der Waals surface area contributed by atoms with Gasteiger partial charge >= 0.3 is 0 Å². The fourth-order valence-corrected chi connectivity index (χ4v) is 3.09. The van der Waals surface area contributed by atoms with Gasteiger partial charge in [0.1, 0.15) is 0 Å². The van der Waals surface area contributed by atoms with Gasteiger partial charge in [0.25, 0.3) is 0 Å². The van der Waals surface area contributed by atoms with E-state index in [1.807, 2.05) is 37.3 Å². The molecule has 0 aliphatic carbocycles. The Labute approximate surface area is 111 Å². The highest BCUT2D eigenvalue weighted by Crippen LogP contribution is 2.23. The molecule has 2 unspecified atom stereocenters. The molecule has 18 heavy (non-hydrogen) atoms. The van der Waals surface area contributed by atoms with Crippen LogP contribution in [0.3, 0.4) is 0 Å². The molecule has 1 heterocycles. The average Bonchev–Trinajstić information content (AvgIpc) is 2.77. The summed E-state index contributed by atoms with van der Waals surface area (Å²) < 4.78 is 0. The van der Waals surface area contributed by atoms with Crippen molar-refractivity contribution in [3.63, 3.8) is 0 Å². The quantitative estimate of drug-likeness (QED) is 0.907.